The summed E-state index contributed by atoms with van der Waals surface area (Å²) in [6, 6.07) is 9.83. The lowest BCUT2D eigenvalue weighted by molar-refractivity contribution is -0.384. The zero-order valence-electron chi connectivity index (χ0n) is 14.5. The molecule has 9 heteroatoms. The van der Waals surface area contributed by atoms with Crippen LogP contribution in [0.1, 0.15) is 23.0 Å². The third-order valence-corrected chi connectivity index (χ3v) is 4.64. The van der Waals surface area contributed by atoms with Crippen LogP contribution in [-0.2, 0) is 6.42 Å². The van der Waals surface area contributed by atoms with Crippen LogP contribution in [0.2, 0.25) is 10.0 Å². The van der Waals surface area contributed by atoms with Crippen LogP contribution in [-0.4, -0.2) is 15.9 Å². The molecule has 28 heavy (non-hydrogen) atoms. The maximum Gasteiger partial charge on any atom is 0.271 e. The molecule has 0 spiro atoms. The predicted octanol–water partition coefficient (Wildman–Crippen LogP) is 5.68. The molecule has 7 nitrogen and oxygen atoms in total. The topological polar surface area (TPSA) is 106 Å². The number of aromatic hydroxyl groups is 1. The fourth-order valence-corrected chi connectivity index (χ4v) is 3.03. The lowest BCUT2D eigenvalue weighted by atomic mass is 10.1. The van der Waals surface area contributed by atoms with Gasteiger partial charge in [0.1, 0.15) is 17.3 Å². The number of hydrogen-bond donors (Lipinski definition) is 2. The van der Waals surface area contributed by atoms with E-state index in [0.29, 0.717) is 17.7 Å². The van der Waals surface area contributed by atoms with Crippen LogP contribution in [0, 0.1) is 10.1 Å². The Bertz CT molecular complexity index is 1080. The number of carbonyl (C=O) groups excluding carboxylic acids is 1. The zero-order chi connectivity index (χ0) is 20.4. The van der Waals surface area contributed by atoms with Gasteiger partial charge in [0.15, 0.2) is 0 Å². The molecule has 0 aliphatic carbocycles. The number of halogens is 2. The molecular formula is C19H14Cl2N2O5. The molecule has 0 fully saturated rings. The minimum Gasteiger partial charge on any atom is -0.507 e. The van der Waals surface area contributed by atoms with Crippen molar-refractivity contribution < 1.29 is 19.2 Å². The fraction of sp³-hybridized carbons (Fsp3) is 0.105. The Hall–Kier alpha value is -3.03. The molecule has 0 aliphatic heterocycles. The Kier molecular flexibility index (Phi) is 5.58. The van der Waals surface area contributed by atoms with E-state index in [4.69, 9.17) is 27.6 Å². The summed E-state index contributed by atoms with van der Waals surface area (Å²) in [4.78, 5) is 22.7. The summed E-state index contributed by atoms with van der Waals surface area (Å²) >= 11 is 12.2. The number of aryl methyl sites for hydroxylation is 1. The number of hydrogen-bond acceptors (Lipinski definition) is 5. The number of nitrogens with one attached hydrogen (secondary N) is 1. The van der Waals surface area contributed by atoms with Gasteiger partial charge < -0.3 is 14.8 Å². The number of furan rings is 1. The average Bonchev–Trinajstić information content (AvgIpc) is 3.13. The minimum absolute atomic E-state index is 0.00700. The van der Waals surface area contributed by atoms with E-state index >= 15 is 0 Å². The molecule has 0 atom stereocenters. The van der Waals surface area contributed by atoms with E-state index in [0.717, 1.165) is 11.8 Å². The molecule has 0 aliphatic rings. The SMILES string of the molecule is CCc1ccc(-c2cc(O)c(C(=O)Nc3ccc([N+](=O)[O-])cc3Cl)cc2Cl)o1. The number of phenolic OH excluding ortho intramolecular Hbond substituents is 1. The first-order valence-electron chi connectivity index (χ1n) is 8.17. The van der Waals surface area contributed by atoms with Crippen LogP contribution in [0.25, 0.3) is 11.3 Å². The number of anilines is 1. The largest absolute Gasteiger partial charge is 0.507 e. The van der Waals surface area contributed by atoms with E-state index in [1.54, 1.807) is 12.1 Å². The zero-order valence-corrected chi connectivity index (χ0v) is 16.0. The molecule has 0 bridgehead atoms. The highest BCUT2D eigenvalue weighted by Gasteiger charge is 2.19. The maximum absolute atomic E-state index is 12.5. The van der Waals surface area contributed by atoms with Crippen LogP contribution < -0.4 is 5.32 Å². The van der Waals surface area contributed by atoms with Crippen LogP contribution in [0.4, 0.5) is 11.4 Å². The normalized spacial score (nSPS) is 10.7. The van der Waals surface area contributed by atoms with E-state index in [9.17, 15) is 20.0 Å². The number of nitrogens with zero attached hydrogens (tertiary/aromatic N) is 1. The van der Waals surface area contributed by atoms with E-state index in [2.05, 4.69) is 5.32 Å². The van der Waals surface area contributed by atoms with Crippen LogP contribution >= 0.6 is 23.2 Å². The summed E-state index contributed by atoms with van der Waals surface area (Å²) in [5, 5.41) is 23.8. The van der Waals surface area contributed by atoms with Gasteiger partial charge in [-0.05, 0) is 30.3 Å². The molecule has 0 unspecified atom stereocenters. The number of carbonyl (C=O) groups is 1. The molecule has 144 valence electrons. The van der Waals surface area contributed by atoms with E-state index < -0.39 is 10.8 Å². The van der Waals surface area contributed by atoms with Gasteiger partial charge >= 0.3 is 0 Å². The molecule has 1 amide bonds. The Labute approximate surface area is 169 Å². The standard InChI is InChI=1S/C19H14Cl2N2O5/c1-2-11-4-6-18(28-11)12-9-17(24)13(8-14(12)20)19(25)22-16-5-3-10(23(26)27)7-15(16)21/h3-9,24H,2H2,1H3,(H,22,25). The summed E-state index contributed by atoms with van der Waals surface area (Å²) in [5.41, 5.74) is 0.327. The first kappa shape index (κ1) is 19.7. The third-order valence-electron chi connectivity index (χ3n) is 4.02. The fourth-order valence-electron chi connectivity index (χ4n) is 2.55. The van der Waals surface area contributed by atoms with Crippen molar-refractivity contribution in [2.45, 2.75) is 13.3 Å². The van der Waals surface area contributed by atoms with E-state index in [-0.39, 0.29) is 32.7 Å². The van der Waals surface area contributed by atoms with Crippen LogP contribution in [0.5, 0.6) is 5.75 Å². The van der Waals surface area contributed by atoms with Gasteiger partial charge in [0.2, 0.25) is 0 Å². The van der Waals surface area contributed by atoms with Gasteiger partial charge in [-0.3, -0.25) is 14.9 Å². The van der Waals surface area contributed by atoms with Crippen molar-refractivity contribution in [3.63, 3.8) is 0 Å². The monoisotopic (exact) mass is 420 g/mol. The Morgan fingerprint density at radius 2 is 1.93 bits per heavy atom. The average molecular weight is 421 g/mol. The highest BCUT2D eigenvalue weighted by Crippen LogP contribution is 2.35. The first-order valence-corrected chi connectivity index (χ1v) is 8.92. The highest BCUT2D eigenvalue weighted by atomic mass is 35.5. The van der Waals surface area contributed by atoms with Crippen molar-refractivity contribution in [2.75, 3.05) is 5.32 Å². The summed E-state index contributed by atoms with van der Waals surface area (Å²) in [7, 11) is 0. The molecule has 0 saturated carbocycles. The van der Waals surface area contributed by atoms with Gasteiger partial charge in [0.05, 0.1) is 26.2 Å². The van der Waals surface area contributed by atoms with E-state index in [1.807, 2.05) is 6.92 Å². The molecule has 2 aromatic carbocycles. The molecule has 0 radical (unpaired) electrons. The number of phenols is 1. The summed E-state index contributed by atoms with van der Waals surface area (Å²) in [5.74, 6) is 0.266. The highest BCUT2D eigenvalue weighted by molar-refractivity contribution is 6.35. The lowest BCUT2D eigenvalue weighted by Gasteiger charge is -2.10. The Morgan fingerprint density at radius 3 is 2.54 bits per heavy atom. The smallest absolute Gasteiger partial charge is 0.271 e. The first-order chi connectivity index (χ1) is 13.3. The van der Waals surface area contributed by atoms with Gasteiger partial charge in [-0.2, -0.15) is 0 Å². The predicted molar refractivity (Wildman–Crippen MR) is 106 cm³/mol. The Balaban J connectivity index is 1.88. The summed E-state index contributed by atoms with van der Waals surface area (Å²) in [6.45, 7) is 1.94. The summed E-state index contributed by atoms with van der Waals surface area (Å²) in [6.07, 6.45) is 0.708. The molecule has 3 aromatic rings. The van der Waals surface area contributed by atoms with Gasteiger partial charge in [-0.15, -0.1) is 0 Å². The van der Waals surface area contributed by atoms with E-state index in [1.165, 1.54) is 24.3 Å². The second-order valence-electron chi connectivity index (χ2n) is 5.84. The lowest BCUT2D eigenvalue weighted by Crippen LogP contribution is -2.12. The van der Waals surface area contributed by atoms with Crippen molar-refractivity contribution in [1.82, 2.24) is 0 Å². The van der Waals surface area contributed by atoms with Crippen molar-refractivity contribution in [3.05, 3.63) is 73.9 Å². The van der Waals surface area contributed by atoms with Gasteiger partial charge in [0, 0.05) is 24.1 Å². The second-order valence-corrected chi connectivity index (χ2v) is 6.66. The molecule has 3 rings (SSSR count). The minimum atomic E-state index is -0.671. The van der Waals surface area contributed by atoms with Gasteiger partial charge in [0.25, 0.3) is 11.6 Å². The number of non-ortho nitro benzene ring substituents is 1. The molecule has 1 aromatic heterocycles. The molecular weight excluding hydrogens is 407 g/mol. The number of amides is 1. The van der Waals surface area contributed by atoms with Crippen LogP contribution in [0.3, 0.4) is 0 Å². The number of benzene rings is 2. The van der Waals surface area contributed by atoms with Crippen molar-refractivity contribution in [1.29, 1.82) is 0 Å². The number of nitro benzene ring substituents is 1. The summed E-state index contributed by atoms with van der Waals surface area (Å²) < 4.78 is 5.63. The van der Waals surface area contributed by atoms with Crippen molar-refractivity contribution in [3.8, 4) is 17.1 Å². The number of rotatable bonds is 5. The Morgan fingerprint density at radius 1 is 1.18 bits per heavy atom. The quantitative estimate of drug-likeness (QED) is 0.407. The molecule has 2 N–H and O–H groups in total. The van der Waals surface area contributed by atoms with Gasteiger partial charge in [-0.25, -0.2) is 0 Å². The molecule has 0 saturated heterocycles. The van der Waals surface area contributed by atoms with Crippen molar-refractivity contribution >= 4 is 40.5 Å². The second kappa shape index (κ2) is 7.92. The third kappa shape index (κ3) is 3.95. The maximum atomic E-state index is 12.5. The van der Waals surface area contributed by atoms with Gasteiger partial charge in [-0.1, -0.05) is 30.1 Å². The van der Waals surface area contributed by atoms with Crippen molar-refractivity contribution in [2.24, 2.45) is 0 Å². The van der Waals surface area contributed by atoms with Crippen LogP contribution in [0.15, 0.2) is 46.9 Å². The molecule has 1 heterocycles. The number of nitro groups is 1.